The molecule has 0 saturated carbocycles. The summed E-state index contributed by atoms with van der Waals surface area (Å²) in [5.74, 6) is 2.89. The highest BCUT2D eigenvalue weighted by molar-refractivity contribution is 7.98. The first-order valence-corrected chi connectivity index (χ1v) is 6.60. The van der Waals surface area contributed by atoms with Crippen LogP contribution in [0.2, 0.25) is 0 Å². The molecule has 1 unspecified atom stereocenters. The number of thioether (sulfide) groups is 1. The second-order valence-corrected chi connectivity index (χ2v) is 5.02. The van der Waals surface area contributed by atoms with Gasteiger partial charge in [0.25, 0.3) is 0 Å². The van der Waals surface area contributed by atoms with Crippen molar-refractivity contribution in [3.05, 3.63) is 11.7 Å². The van der Waals surface area contributed by atoms with Crippen LogP contribution in [0.25, 0.3) is 0 Å². The molecule has 5 heteroatoms. The molecule has 1 aromatic heterocycles. The minimum atomic E-state index is -0.120. The minimum absolute atomic E-state index is 0.120. The lowest BCUT2D eigenvalue weighted by atomic mass is 10.1. The van der Waals surface area contributed by atoms with Crippen molar-refractivity contribution >= 4 is 11.8 Å². The lowest BCUT2D eigenvalue weighted by molar-refractivity contribution is 0.347. The highest BCUT2D eigenvalue weighted by atomic mass is 32.2. The molecule has 0 aliphatic heterocycles. The van der Waals surface area contributed by atoms with E-state index in [2.05, 4.69) is 30.2 Å². The molecule has 1 aromatic rings. The number of aromatic nitrogens is 2. The fourth-order valence-electron chi connectivity index (χ4n) is 1.23. The van der Waals surface area contributed by atoms with E-state index in [9.17, 15) is 0 Å². The fourth-order valence-corrected chi connectivity index (χ4v) is 1.72. The van der Waals surface area contributed by atoms with Gasteiger partial charge in [-0.3, -0.25) is 0 Å². The lowest BCUT2D eigenvalue weighted by Crippen LogP contribution is -2.11. The van der Waals surface area contributed by atoms with Crippen molar-refractivity contribution in [1.82, 2.24) is 10.1 Å². The van der Waals surface area contributed by atoms with Crippen LogP contribution in [0, 0.1) is 5.92 Å². The summed E-state index contributed by atoms with van der Waals surface area (Å²) in [6, 6.07) is -0.120. The van der Waals surface area contributed by atoms with Crippen LogP contribution in [0.4, 0.5) is 0 Å². The zero-order chi connectivity index (χ0) is 11.3. The molecule has 0 amide bonds. The van der Waals surface area contributed by atoms with Crippen molar-refractivity contribution < 1.29 is 4.52 Å². The van der Waals surface area contributed by atoms with Crippen molar-refractivity contribution in [1.29, 1.82) is 0 Å². The molecule has 15 heavy (non-hydrogen) atoms. The van der Waals surface area contributed by atoms with Crippen LogP contribution in [-0.4, -0.2) is 22.1 Å². The lowest BCUT2D eigenvalue weighted by Gasteiger charge is -2.03. The van der Waals surface area contributed by atoms with Crippen molar-refractivity contribution in [2.45, 2.75) is 32.7 Å². The third-order valence-electron chi connectivity index (χ3n) is 2.02. The van der Waals surface area contributed by atoms with Crippen molar-refractivity contribution in [2.24, 2.45) is 11.7 Å². The standard InChI is InChI=1S/C10H19N3OS/c1-7(2)6-9-12-10(14-13-9)8(11)4-5-15-3/h7-8H,4-6,11H2,1-3H3. The van der Waals surface area contributed by atoms with E-state index in [4.69, 9.17) is 10.3 Å². The van der Waals surface area contributed by atoms with Gasteiger partial charge in [0.2, 0.25) is 5.89 Å². The van der Waals surface area contributed by atoms with Crippen molar-refractivity contribution in [3.63, 3.8) is 0 Å². The van der Waals surface area contributed by atoms with Gasteiger partial charge >= 0.3 is 0 Å². The first kappa shape index (κ1) is 12.5. The largest absolute Gasteiger partial charge is 0.338 e. The molecule has 1 heterocycles. The van der Waals surface area contributed by atoms with E-state index in [-0.39, 0.29) is 6.04 Å². The third kappa shape index (κ3) is 4.22. The zero-order valence-corrected chi connectivity index (χ0v) is 10.4. The molecular formula is C10H19N3OS. The van der Waals surface area contributed by atoms with Crippen LogP contribution < -0.4 is 5.73 Å². The summed E-state index contributed by atoms with van der Waals surface area (Å²) in [5, 5.41) is 3.91. The Morgan fingerprint density at radius 3 is 2.80 bits per heavy atom. The Balaban J connectivity index is 2.51. The van der Waals surface area contributed by atoms with Gasteiger partial charge in [-0.2, -0.15) is 16.7 Å². The Kier molecular flexibility index (Phi) is 5.11. The normalized spacial score (nSPS) is 13.4. The predicted molar refractivity (Wildman–Crippen MR) is 62.8 cm³/mol. The average Bonchev–Trinajstić information content (AvgIpc) is 2.61. The molecule has 1 rings (SSSR count). The van der Waals surface area contributed by atoms with Gasteiger partial charge in [0, 0.05) is 6.42 Å². The van der Waals surface area contributed by atoms with Crippen LogP contribution in [0.3, 0.4) is 0 Å². The molecule has 0 aromatic carbocycles. The molecular weight excluding hydrogens is 210 g/mol. The second kappa shape index (κ2) is 6.12. The summed E-state index contributed by atoms with van der Waals surface area (Å²) in [7, 11) is 0. The van der Waals surface area contributed by atoms with Gasteiger partial charge in [-0.05, 0) is 24.3 Å². The SMILES string of the molecule is CSCCC(N)c1nc(CC(C)C)no1. The molecule has 0 bridgehead atoms. The second-order valence-electron chi connectivity index (χ2n) is 4.03. The van der Waals surface area contributed by atoms with Crippen LogP contribution >= 0.6 is 11.8 Å². The first-order chi connectivity index (χ1) is 7.13. The van der Waals surface area contributed by atoms with Gasteiger partial charge in [0.05, 0.1) is 6.04 Å². The van der Waals surface area contributed by atoms with Crippen molar-refractivity contribution in [2.75, 3.05) is 12.0 Å². The smallest absolute Gasteiger partial charge is 0.243 e. The fraction of sp³-hybridized carbons (Fsp3) is 0.800. The van der Waals surface area contributed by atoms with Gasteiger partial charge in [0.1, 0.15) is 0 Å². The van der Waals surface area contributed by atoms with E-state index in [0.717, 1.165) is 24.4 Å². The molecule has 0 spiro atoms. The molecule has 0 aliphatic carbocycles. The van der Waals surface area contributed by atoms with Crippen LogP contribution in [0.1, 0.15) is 38.0 Å². The summed E-state index contributed by atoms with van der Waals surface area (Å²) in [5.41, 5.74) is 5.92. The molecule has 0 fully saturated rings. The van der Waals surface area contributed by atoms with E-state index < -0.39 is 0 Å². The average molecular weight is 229 g/mol. The Bertz CT molecular complexity index is 288. The van der Waals surface area contributed by atoms with E-state index in [0.29, 0.717) is 11.8 Å². The minimum Gasteiger partial charge on any atom is -0.338 e. The van der Waals surface area contributed by atoms with E-state index in [1.54, 1.807) is 11.8 Å². The predicted octanol–water partition coefficient (Wildman–Crippen LogP) is 2.02. The van der Waals surface area contributed by atoms with E-state index in [1.807, 2.05) is 0 Å². The number of rotatable bonds is 6. The Morgan fingerprint density at radius 1 is 1.47 bits per heavy atom. The molecule has 86 valence electrons. The quantitative estimate of drug-likeness (QED) is 0.808. The Labute approximate surface area is 95.0 Å². The van der Waals surface area contributed by atoms with Crippen LogP contribution in [0.5, 0.6) is 0 Å². The number of hydrogen-bond acceptors (Lipinski definition) is 5. The van der Waals surface area contributed by atoms with Gasteiger partial charge in [-0.15, -0.1) is 0 Å². The molecule has 1 atom stereocenters. The van der Waals surface area contributed by atoms with Crippen molar-refractivity contribution in [3.8, 4) is 0 Å². The highest BCUT2D eigenvalue weighted by Crippen LogP contribution is 2.15. The monoisotopic (exact) mass is 229 g/mol. The van der Waals surface area contributed by atoms with E-state index >= 15 is 0 Å². The summed E-state index contributed by atoms with van der Waals surface area (Å²) in [6.07, 6.45) is 3.79. The maximum absolute atomic E-state index is 5.92. The number of nitrogens with two attached hydrogens (primary N) is 1. The van der Waals surface area contributed by atoms with Gasteiger partial charge in [0.15, 0.2) is 5.82 Å². The summed E-state index contributed by atoms with van der Waals surface area (Å²) >= 11 is 1.77. The van der Waals surface area contributed by atoms with Crippen LogP contribution in [0.15, 0.2) is 4.52 Å². The third-order valence-corrected chi connectivity index (χ3v) is 2.67. The maximum atomic E-state index is 5.92. The molecule has 0 radical (unpaired) electrons. The topological polar surface area (TPSA) is 64.9 Å². The molecule has 0 saturated heterocycles. The molecule has 0 aliphatic rings. The van der Waals surface area contributed by atoms with Gasteiger partial charge < -0.3 is 10.3 Å². The summed E-state index contributed by atoms with van der Waals surface area (Å²) < 4.78 is 5.13. The van der Waals surface area contributed by atoms with Crippen LogP contribution in [-0.2, 0) is 6.42 Å². The highest BCUT2D eigenvalue weighted by Gasteiger charge is 2.14. The number of hydrogen-bond donors (Lipinski definition) is 1. The van der Waals surface area contributed by atoms with Gasteiger partial charge in [-0.25, -0.2) is 0 Å². The molecule has 2 N–H and O–H groups in total. The summed E-state index contributed by atoms with van der Waals surface area (Å²) in [4.78, 5) is 4.29. The Morgan fingerprint density at radius 2 is 2.20 bits per heavy atom. The Hall–Kier alpha value is -0.550. The van der Waals surface area contributed by atoms with Gasteiger partial charge in [-0.1, -0.05) is 19.0 Å². The van der Waals surface area contributed by atoms with E-state index in [1.165, 1.54) is 0 Å². The summed E-state index contributed by atoms with van der Waals surface area (Å²) in [6.45, 7) is 4.26. The number of nitrogens with zero attached hydrogens (tertiary/aromatic N) is 2. The maximum Gasteiger partial charge on any atom is 0.243 e. The first-order valence-electron chi connectivity index (χ1n) is 5.20. The molecule has 4 nitrogen and oxygen atoms in total. The zero-order valence-electron chi connectivity index (χ0n) is 9.56.